The Bertz CT molecular complexity index is 774. The van der Waals surface area contributed by atoms with Gasteiger partial charge in [-0.15, -0.1) is 0 Å². The molecule has 0 bridgehead atoms. The van der Waals surface area contributed by atoms with E-state index in [-0.39, 0.29) is 4.75 Å². The Morgan fingerprint density at radius 3 is 2.82 bits per heavy atom. The summed E-state index contributed by atoms with van der Waals surface area (Å²) in [4.78, 5) is 8.32. The van der Waals surface area contributed by atoms with Crippen LogP contribution in [-0.2, 0) is 11.2 Å². The summed E-state index contributed by atoms with van der Waals surface area (Å²) in [5.41, 5.74) is 3.85. The lowest BCUT2D eigenvalue weighted by Gasteiger charge is -2.35. The van der Waals surface area contributed by atoms with Gasteiger partial charge in [-0.3, -0.25) is 4.99 Å². The van der Waals surface area contributed by atoms with Gasteiger partial charge in [-0.1, -0.05) is 19.1 Å². The van der Waals surface area contributed by atoms with Gasteiger partial charge in [-0.25, -0.2) is 0 Å². The van der Waals surface area contributed by atoms with Crippen LogP contribution in [0.25, 0.3) is 10.9 Å². The number of aromatic nitrogens is 1. The second-order valence-electron chi connectivity index (χ2n) is 7.46. The SMILES string of the molecule is CCNC(=NCC1(SCC)CCOCC1)NCCc1c[nH]c2cc(C)ccc12. The zero-order valence-corrected chi connectivity index (χ0v) is 18.3. The first-order chi connectivity index (χ1) is 13.7. The quantitative estimate of drug-likeness (QED) is 0.463. The van der Waals surface area contributed by atoms with E-state index in [0.717, 1.165) is 63.8 Å². The summed E-state index contributed by atoms with van der Waals surface area (Å²) in [6.07, 6.45) is 5.27. The first-order valence-corrected chi connectivity index (χ1v) is 11.4. The van der Waals surface area contributed by atoms with Crippen LogP contribution in [-0.4, -0.2) is 54.3 Å². The smallest absolute Gasteiger partial charge is 0.191 e. The normalized spacial score (nSPS) is 17.0. The van der Waals surface area contributed by atoms with Crippen LogP contribution < -0.4 is 10.6 Å². The number of H-pyrrole nitrogens is 1. The summed E-state index contributed by atoms with van der Waals surface area (Å²) in [5, 5.41) is 8.23. The van der Waals surface area contributed by atoms with Crippen molar-refractivity contribution in [3.05, 3.63) is 35.5 Å². The van der Waals surface area contributed by atoms with Crippen LogP contribution in [0.2, 0.25) is 0 Å². The molecule has 0 saturated carbocycles. The molecule has 0 unspecified atom stereocenters. The molecule has 1 aromatic carbocycles. The lowest BCUT2D eigenvalue weighted by Crippen LogP contribution is -2.41. The molecule has 1 aliphatic heterocycles. The molecule has 6 heteroatoms. The molecule has 2 aromatic rings. The highest BCUT2D eigenvalue weighted by Gasteiger charge is 2.32. The molecular formula is C22H34N4OS. The highest BCUT2D eigenvalue weighted by atomic mass is 32.2. The predicted molar refractivity (Wildman–Crippen MR) is 122 cm³/mol. The van der Waals surface area contributed by atoms with Gasteiger partial charge in [0.2, 0.25) is 0 Å². The molecule has 1 saturated heterocycles. The Morgan fingerprint density at radius 1 is 1.25 bits per heavy atom. The average Bonchev–Trinajstić information content (AvgIpc) is 3.09. The second kappa shape index (κ2) is 10.2. The molecule has 154 valence electrons. The standard InChI is InChI=1S/C22H34N4OS/c1-4-23-21(26-16-22(28-5-2)9-12-27-13-10-22)24-11-8-18-15-25-20-14-17(3)6-7-19(18)20/h6-7,14-15,25H,4-5,8-13,16H2,1-3H3,(H2,23,24,26). The van der Waals surface area contributed by atoms with E-state index in [9.17, 15) is 0 Å². The first kappa shape index (κ1) is 21.1. The van der Waals surface area contributed by atoms with Crippen molar-refractivity contribution in [2.24, 2.45) is 4.99 Å². The maximum Gasteiger partial charge on any atom is 0.191 e. The summed E-state index contributed by atoms with van der Waals surface area (Å²) in [6.45, 7) is 10.8. The van der Waals surface area contributed by atoms with E-state index < -0.39 is 0 Å². The van der Waals surface area contributed by atoms with Gasteiger partial charge >= 0.3 is 0 Å². The molecule has 0 aliphatic carbocycles. The van der Waals surface area contributed by atoms with Crippen molar-refractivity contribution in [2.75, 3.05) is 38.6 Å². The molecule has 2 heterocycles. The summed E-state index contributed by atoms with van der Waals surface area (Å²) >= 11 is 2.04. The minimum Gasteiger partial charge on any atom is -0.381 e. The third-order valence-electron chi connectivity index (χ3n) is 5.33. The average molecular weight is 403 g/mol. The van der Waals surface area contributed by atoms with Crippen LogP contribution >= 0.6 is 11.8 Å². The van der Waals surface area contributed by atoms with Crippen LogP contribution in [0, 0.1) is 6.92 Å². The molecular weight excluding hydrogens is 368 g/mol. The number of thioether (sulfide) groups is 1. The minimum absolute atomic E-state index is 0.226. The molecule has 0 atom stereocenters. The predicted octanol–water partition coefficient (Wildman–Crippen LogP) is 3.88. The number of fused-ring (bicyclic) bond motifs is 1. The van der Waals surface area contributed by atoms with E-state index in [1.807, 2.05) is 11.8 Å². The number of aliphatic imine (C=N–C) groups is 1. The van der Waals surface area contributed by atoms with Crippen LogP contribution in [0.1, 0.15) is 37.8 Å². The van der Waals surface area contributed by atoms with Crippen molar-refractivity contribution in [1.82, 2.24) is 15.6 Å². The van der Waals surface area contributed by atoms with E-state index in [2.05, 4.69) is 60.8 Å². The van der Waals surface area contributed by atoms with Crippen LogP contribution in [0.3, 0.4) is 0 Å². The fourth-order valence-corrected chi connectivity index (χ4v) is 5.01. The molecule has 28 heavy (non-hydrogen) atoms. The molecule has 3 rings (SSSR count). The number of hydrogen-bond donors (Lipinski definition) is 3. The number of hydrogen-bond acceptors (Lipinski definition) is 3. The molecule has 1 fully saturated rings. The molecule has 1 aliphatic rings. The summed E-state index contributed by atoms with van der Waals surface area (Å²) < 4.78 is 5.80. The van der Waals surface area contributed by atoms with Gasteiger partial charge in [-0.05, 0) is 56.1 Å². The second-order valence-corrected chi connectivity index (χ2v) is 9.20. The summed E-state index contributed by atoms with van der Waals surface area (Å²) in [5.74, 6) is 2.04. The van der Waals surface area contributed by atoms with Crippen LogP contribution in [0.4, 0.5) is 0 Å². The van der Waals surface area contributed by atoms with Crippen molar-refractivity contribution in [3.8, 4) is 0 Å². The molecule has 1 aromatic heterocycles. The fourth-order valence-electron chi connectivity index (χ4n) is 3.79. The monoisotopic (exact) mass is 402 g/mol. The maximum absolute atomic E-state index is 5.58. The van der Waals surface area contributed by atoms with Crippen molar-refractivity contribution >= 4 is 28.6 Å². The highest BCUT2D eigenvalue weighted by molar-refractivity contribution is 8.00. The van der Waals surface area contributed by atoms with E-state index in [1.165, 1.54) is 22.0 Å². The summed E-state index contributed by atoms with van der Waals surface area (Å²) in [7, 11) is 0. The Hall–Kier alpha value is -1.66. The van der Waals surface area contributed by atoms with E-state index in [1.54, 1.807) is 0 Å². The van der Waals surface area contributed by atoms with Gasteiger partial charge in [0.25, 0.3) is 0 Å². The lowest BCUT2D eigenvalue weighted by atomic mass is 9.99. The number of ether oxygens (including phenoxy) is 1. The zero-order valence-electron chi connectivity index (χ0n) is 17.4. The third kappa shape index (κ3) is 5.45. The highest BCUT2D eigenvalue weighted by Crippen LogP contribution is 2.35. The molecule has 3 N–H and O–H groups in total. The lowest BCUT2D eigenvalue weighted by molar-refractivity contribution is 0.0793. The van der Waals surface area contributed by atoms with Gasteiger partial charge in [0, 0.05) is 48.2 Å². The number of rotatable bonds is 8. The number of aromatic amines is 1. The zero-order chi connectivity index (χ0) is 19.8. The fraction of sp³-hybridized carbons (Fsp3) is 0.591. The minimum atomic E-state index is 0.226. The van der Waals surface area contributed by atoms with E-state index in [4.69, 9.17) is 9.73 Å². The number of benzene rings is 1. The number of guanidine groups is 1. The Morgan fingerprint density at radius 2 is 2.07 bits per heavy atom. The molecule has 5 nitrogen and oxygen atoms in total. The maximum atomic E-state index is 5.58. The Balaban J connectivity index is 1.59. The number of aryl methyl sites for hydroxylation is 1. The largest absolute Gasteiger partial charge is 0.381 e. The van der Waals surface area contributed by atoms with Gasteiger partial charge in [0.1, 0.15) is 0 Å². The van der Waals surface area contributed by atoms with E-state index >= 15 is 0 Å². The van der Waals surface area contributed by atoms with Gasteiger partial charge in [-0.2, -0.15) is 11.8 Å². The number of nitrogens with one attached hydrogen (secondary N) is 3. The molecule has 0 spiro atoms. The van der Waals surface area contributed by atoms with Crippen molar-refractivity contribution in [1.29, 1.82) is 0 Å². The van der Waals surface area contributed by atoms with Gasteiger partial charge < -0.3 is 20.4 Å². The van der Waals surface area contributed by atoms with Gasteiger partial charge in [0.05, 0.1) is 6.54 Å². The van der Waals surface area contributed by atoms with Gasteiger partial charge in [0.15, 0.2) is 5.96 Å². The van der Waals surface area contributed by atoms with Crippen molar-refractivity contribution < 1.29 is 4.74 Å². The summed E-state index contributed by atoms with van der Waals surface area (Å²) in [6, 6.07) is 6.60. The van der Waals surface area contributed by atoms with Crippen molar-refractivity contribution in [3.63, 3.8) is 0 Å². The molecule has 0 radical (unpaired) electrons. The van der Waals surface area contributed by atoms with Crippen LogP contribution in [0.5, 0.6) is 0 Å². The third-order valence-corrected chi connectivity index (χ3v) is 6.77. The van der Waals surface area contributed by atoms with Crippen LogP contribution in [0.15, 0.2) is 29.4 Å². The Labute approximate surface area is 173 Å². The topological polar surface area (TPSA) is 61.4 Å². The van der Waals surface area contributed by atoms with Crippen molar-refractivity contribution in [2.45, 2.75) is 44.8 Å². The first-order valence-electron chi connectivity index (χ1n) is 10.5. The Kier molecular flexibility index (Phi) is 7.68. The number of nitrogens with zero attached hydrogens (tertiary/aromatic N) is 1. The van der Waals surface area contributed by atoms with E-state index in [0.29, 0.717) is 0 Å². The molecule has 0 amide bonds.